The second kappa shape index (κ2) is 7.23. The van der Waals surface area contributed by atoms with Gasteiger partial charge in [-0.05, 0) is 0 Å². The first-order chi connectivity index (χ1) is 10.1. The fraction of sp³-hybridized carbons (Fsp3) is 0.231. The molecule has 1 unspecified atom stereocenters. The third-order valence-electron chi connectivity index (χ3n) is 2.60. The molecule has 0 radical (unpaired) electrons. The van der Waals surface area contributed by atoms with E-state index in [9.17, 15) is 13.4 Å². The van der Waals surface area contributed by atoms with Crippen LogP contribution in [0.4, 0.5) is 0 Å². The maximum atomic E-state index is 12.5. The van der Waals surface area contributed by atoms with Gasteiger partial charge in [-0.2, -0.15) is 0 Å². The van der Waals surface area contributed by atoms with Gasteiger partial charge in [0.15, 0.2) is 0 Å². The van der Waals surface area contributed by atoms with Gasteiger partial charge in [0.1, 0.15) is 0 Å². The molecule has 8 heteroatoms. The molecule has 0 amide bonds. The van der Waals surface area contributed by atoms with E-state index in [1.165, 1.54) is 6.20 Å². The van der Waals surface area contributed by atoms with Crippen LogP contribution in [0, 0.1) is 0 Å². The second-order valence-corrected chi connectivity index (χ2v) is 7.10. The van der Waals surface area contributed by atoms with E-state index in [0.717, 1.165) is 4.57 Å². The number of hydrogen-bond donors (Lipinski definition) is 2. The van der Waals surface area contributed by atoms with Crippen molar-refractivity contribution in [3.63, 3.8) is 0 Å². The summed E-state index contributed by atoms with van der Waals surface area (Å²) in [4.78, 5) is 25.6. The van der Waals surface area contributed by atoms with E-state index in [4.69, 9.17) is 9.84 Å². The molecule has 1 heterocycles. The second-order valence-electron chi connectivity index (χ2n) is 4.07. The van der Waals surface area contributed by atoms with Gasteiger partial charge in [-0.1, -0.05) is 0 Å². The van der Waals surface area contributed by atoms with Gasteiger partial charge in [0.25, 0.3) is 0 Å². The number of ether oxygens (including phenoxy) is 1. The normalized spacial score (nSPS) is 12.2. The fourth-order valence-corrected chi connectivity index (χ4v) is 3.93. The van der Waals surface area contributed by atoms with Crippen molar-refractivity contribution in [2.45, 2.75) is 6.73 Å². The number of aromatic nitrogens is 2. The number of aromatic amines is 1. The molecule has 0 saturated carbocycles. The number of hydrogen-bond acceptors (Lipinski definition) is 5. The van der Waals surface area contributed by atoms with E-state index in [1.807, 2.05) is 0 Å². The molecule has 1 aromatic carbocycles. The van der Waals surface area contributed by atoms with Gasteiger partial charge in [-0.3, -0.25) is 0 Å². The Morgan fingerprint density at radius 2 is 1.95 bits per heavy atom. The number of nitrogens with zero attached hydrogens (tertiary/aromatic N) is 1. The Morgan fingerprint density at radius 3 is 2.62 bits per heavy atom. The predicted octanol–water partition coefficient (Wildman–Crippen LogP) is -1.96. The molecular formula is C13H14N2O5Se. The van der Waals surface area contributed by atoms with Crippen molar-refractivity contribution in [3.8, 4) is 0 Å². The van der Waals surface area contributed by atoms with Crippen LogP contribution in [0.15, 0.2) is 46.1 Å². The summed E-state index contributed by atoms with van der Waals surface area (Å²) in [6, 6.07) is 8.61. The summed E-state index contributed by atoms with van der Waals surface area (Å²) in [7, 11) is 0. The molecular weight excluding hydrogens is 343 g/mol. The van der Waals surface area contributed by atoms with Crippen molar-refractivity contribution >= 4 is 22.8 Å². The molecule has 112 valence electrons. The van der Waals surface area contributed by atoms with E-state index in [1.54, 1.807) is 30.3 Å². The summed E-state index contributed by atoms with van der Waals surface area (Å²) in [5.41, 5.74) is -1.30. The molecule has 0 saturated heterocycles. The molecule has 0 aliphatic carbocycles. The van der Waals surface area contributed by atoms with E-state index < -0.39 is 25.1 Å². The monoisotopic (exact) mass is 358 g/mol. The molecule has 0 fully saturated rings. The van der Waals surface area contributed by atoms with Crippen molar-refractivity contribution in [1.82, 2.24) is 9.55 Å². The Labute approximate surface area is 123 Å². The molecule has 1 aromatic heterocycles. The van der Waals surface area contributed by atoms with Gasteiger partial charge in [-0.15, -0.1) is 0 Å². The van der Waals surface area contributed by atoms with Crippen LogP contribution in [0.3, 0.4) is 0 Å². The number of aliphatic hydroxyl groups excluding tert-OH is 1. The van der Waals surface area contributed by atoms with Crippen LogP contribution in [0.5, 0.6) is 0 Å². The fourth-order valence-electron chi connectivity index (χ4n) is 1.62. The first kappa shape index (κ1) is 15.5. The van der Waals surface area contributed by atoms with Crippen LogP contribution < -0.4 is 20.2 Å². The molecule has 0 aliphatic rings. The van der Waals surface area contributed by atoms with Gasteiger partial charge in [-0.25, -0.2) is 0 Å². The zero-order valence-corrected chi connectivity index (χ0v) is 12.7. The SMILES string of the molecule is O=c1[nH]c(=O)n(COCCO)cc1[Se](=O)c1ccccc1. The average molecular weight is 357 g/mol. The first-order valence-corrected chi connectivity index (χ1v) is 8.54. The molecule has 2 aromatic rings. The zero-order valence-electron chi connectivity index (χ0n) is 11.0. The minimum absolute atomic E-state index is 0.0633. The van der Waals surface area contributed by atoms with Gasteiger partial charge >= 0.3 is 123 Å². The van der Waals surface area contributed by atoms with Gasteiger partial charge in [0.2, 0.25) is 0 Å². The number of H-pyrrole nitrogens is 1. The topological polar surface area (TPSA) is 101 Å². The Bertz CT molecular complexity index is 738. The van der Waals surface area contributed by atoms with Crippen LogP contribution in [0.2, 0.25) is 0 Å². The number of benzene rings is 1. The van der Waals surface area contributed by atoms with Gasteiger partial charge in [0, 0.05) is 0 Å². The molecule has 0 bridgehead atoms. The van der Waals surface area contributed by atoms with Crippen LogP contribution >= 0.6 is 0 Å². The third kappa shape index (κ3) is 3.83. The minimum atomic E-state index is -2.75. The van der Waals surface area contributed by atoms with Crippen molar-refractivity contribution in [2.75, 3.05) is 13.2 Å². The summed E-state index contributed by atoms with van der Waals surface area (Å²) in [5, 5.41) is 8.64. The Hall–Kier alpha value is -1.86. The number of nitrogens with one attached hydrogen (secondary N) is 1. The number of aliphatic hydroxyl groups is 1. The molecule has 0 aliphatic heterocycles. The zero-order chi connectivity index (χ0) is 15.2. The summed E-state index contributed by atoms with van der Waals surface area (Å²) >= 11 is -2.75. The first-order valence-electron chi connectivity index (χ1n) is 6.12. The van der Waals surface area contributed by atoms with Crippen molar-refractivity contribution < 1.29 is 13.7 Å². The van der Waals surface area contributed by atoms with E-state index in [2.05, 4.69) is 4.98 Å². The van der Waals surface area contributed by atoms with Crippen LogP contribution in [-0.4, -0.2) is 41.7 Å². The van der Waals surface area contributed by atoms with E-state index in [0.29, 0.717) is 4.46 Å². The summed E-state index contributed by atoms with van der Waals surface area (Å²) < 4.78 is 19.2. The molecule has 7 nitrogen and oxygen atoms in total. The van der Waals surface area contributed by atoms with Gasteiger partial charge < -0.3 is 0 Å². The summed E-state index contributed by atoms with van der Waals surface area (Å²) in [6.45, 7) is -0.236. The quantitative estimate of drug-likeness (QED) is 0.462. The third-order valence-corrected chi connectivity index (χ3v) is 5.52. The Kier molecular flexibility index (Phi) is 5.35. The standard InChI is InChI=1S/C13H14N2O5Se/c16-6-7-20-9-15-8-11(12(17)14-13(15)18)21(19)10-4-2-1-3-5-10/h1-5,8,16H,6-7,9H2,(H,14,17,18). The predicted molar refractivity (Wildman–Crippen MR) is 76.5 cm³/mol. The Balaban J connectivity index is 2.35. The van der Waals surface area contributed by atoms with Crippen LogP contribution in [0.1, 0.15) is 0 Å². The van der Waals surface area contributed by atoms with E-state index in [-0.39, 0.29) is 24.4 Å². The average Bonchev–Trinajstić information content (AvgIpc) is 2.50. The summed E-state index contributed by atoms with van der Waals surface area (Å²) in [5.74, 6) is 0. The van der Waals surface area contributed by atoms with Crippen molar-refractivity contribution in [3.05, 3.63) is 57.4 Å². The summed E-state index contributed by atoms with van der Waals surface area (Å²) in [6.07, 6.45) is 1.25. The van der Waals surface area contributed by atoms with Crippen molar-refractivity contribution in [2.24, 2.45) is 0 Å². The van der Waals surface area contributed by atoms with Crippen LogP contribution in [-0.2, 0) is 15.3 Å². The molecule has 2 rings (SSSR count). The van der Waals surface area contributed by atoms with Crippen molar-refractivity contribution in [1.29, 1.82) is 0 Å². The maximum absolute atomic E-state index is 12.5. The molecule has 0 spiro atoms. The number of rotatable bonds is 6. The molecule has 2 N–H and O–H groups in total. The van der Waals surface area contributed by atoms with Crippen LogP contribution in [0.25, 0.3) is 0 Å². The molecule has 21 heavy (non-hydrogen) atoms. The Morgan fingerprint density at radius 1 is 1.24 bits per heavy atom. The molecule has 1 atom stereocenters. The van der Waals surface area contributed by atoms with E-state index >= 15 is 0 Å². The van der Waals surface area contributed by atoms with Gasteiger partial charge in [0.05, 0.1) is 0 Å².